The molecule has 12 heteroatoms. The molecule has 0 bridgehead atoms. The maximum Gasteiger partial charge on any atom is 0.417 e. The second kappa shape index (κ2) is 8.27. The van der Waals surface area contributed by atoms with Gasteiger partial charge in [-0.1, -0.05) is 0 Å². The molecule has 2 heterocycles. The summed E-state index contributed by atoms with van der Waals surface area (Å²) in [5.74, 6) is -0.267. The zero-order valence-corrected chi connectivity index (χ0v) is 16.3. The Morgan fingerprint density at radius 2 is 1.96 bits per heavy atom. The first kappa shape index (κ1) is 21.8. The van der Waals surface area contributed by atoms with E-state index in [2.05, 4.69) is 15.4 Å². The number of rotatable bonds is 7. The Morgan fingerprint density at radius 3 is 2.50 bits per heavy atom. The molecule has 0 radical (unpaired) electrons. The number of aromatic nitrogens is 3. The van der Waals surface area contributed by atoms with Crippen LogP contribution in [0.15, 0.2) is 24.5 Å². The number of amides is 1. The molecule has 1 amide bonds. The van der Waals surface area contributed by atoms with Crippen LogP contribution in [0.5, 0.6) is 0 Å². The Labute approximate surface area is 160 Å². The van der Waals surface area contributed by atoms with Crippen molar-refractivity contribution in [3.8, 4) is 5.82 Å². The predicted octanol–water partition coefficient (Wildman–Crippen LogP) is 1.61. The fraction of sp³-hybridized carbons (Fsp3) is 0.438. The third-order valence-electron chi connectivity index (χ3n) is 4.05. The monoisotopic (exact) mass is 419 g/mol. The molecule has 2 aromatic rings. The first-order valence-electron chi connectivity index (χ1n) is 8.19. The lowest BCUT2D eigenvalue weighted by atomic mass is 10.2. The van der Waals surface area contributed by atoms with Crippen LogP contribution in [0.4, 0.5) is 13.2 Å². The molecule has 0 aliphatic rings. The summed E-state index contributed by atoms with van der Waals surface area (Å²) >= 11 is 0. The molecule has 1 N–H and O–H groups in total. The van der Waals surface area contributed by atoms with Crippen LogP contribution in [0, 0.1) is 6.92 Å². The van der Waals surface area contributed by atoms with Gasteiger partial charge in [0.1, 0.15) is 0 Å². The zero-order valence-electron chi connectivity index (χ0n) is 15.5. The smallest absolute Gasteiger partial charge is 0.352 e. The van der Waals surface area contributed by atoms with Crippen molar-refractivity contribution in [1.82, 2.24) is 24.4 Å². The largest absolute Gasteiger partial charge is 0.417 e. The lowest BCUT2D eigenvalue weighted by molar-refractivity contribution is -0.137. The van der Waals surface area contributed by atoms with Gasteiger partial charge in [0.2, 0.25) is 10.0 Å². The van der Waals surface area contributed by atoms with E-state index in [0.29, 0.717) is 18.3 Å². The van der Waals surface area contributed by atoms with Crippen molar-refractivity contribution in [3.05, 3.63) is 41.3 Å². The number of halogens is 3. The maximum atomic E-state index is 12.6. The molecule has 0 atom stereocenters. The number of sulfonamides is 1. The molecule has 154 valence electrons. The predicted molar refractivity (Wildman–Crippen MR) is 95.5 cm³/mol. The van der Waals surface area contributed by atoms with E-state index in [4.69, 9.17) is 0 Å². The zero-order chi connectivity index (χ0) is 21.1. The SMILES string of the molecule is Cc1c(C(=O)NCCCN(C)S(C)(=O)=O)cnn1-c1ccc(C(F)(F)F)cn1. The molecule has 0 unspecified atom stereocenters. The topological polar surface area (TPSA) is 97.2 Å². The summed E-state index contributed by atoms with van der Waals surface area (Å²) in [7, 11) is -1.83. The van der Waals surface area contributed by atoms with Crippen LogP contribution in [-0.2, 0) is 16.2 Å². The summed E-state index contributed by atoms with van der Waals surface area (Å²) in [5, 5.41) is 6.67. The molecule has 0 saturated carbocycles. The number of pyridine rings is 1. The number of nitrogens with zero attached hydrogens (tertiary/aromatic N) is 4. The normalized spacial score (nSPS) is 12.4. The van der Waals surface area contributed by atoms with E-state index in [9.17, 15) is 26.4 Å². The second-order valence-corrected chi connectivity index (χ2v) is 8.24. The van der Waals surface area contributed by atoms with E-state index < -0.39 is 27.7 Å². The summed E-state index contributed by atoms with van der Waals surface area (Å²) in [6, 6.07) is 2.06. The number of carbonyl (C=O) groups excluding carboxylic acids is 1. The summed E-state index contributed by atoms with van der Waals surface area (Å²) in [5.41, 5.74) is -0.214. The van der Waals surface area contributed by atoms with Gasteiger partial charge in [-0.2, -0.15) is 18.3 Å². The van der Waals surface area contributed by atoms with E-state index in [-0.39, 0.29) is 24.5 Å². The first-order valence-corrected chi connectivity index (χ1v) is 10.0. The molecule has 0 aliphatic carbocycles. The molecule has 28 heavy (non-hydrogen) atoms. The minimum absolute atomic E-state index is 0.152. The molecule has 0 aliphatic heterocycles. The summed E-state index contributed by atoms with van der Waals surface area (Å²) in [4.78, 5) is 16.0. The lowest BCUT2D eigenvalue weighted by Crippen LogP contribution is -2.31. The highest BCUT2D eigenvalue weighted by atomic mass is 32.2. The molecule has 0 aromatic carbocycles. The van der Waals surface area contributed by atoms with Crippen molar-refractivity contribution in [3.63, 3.8) is 0 Å². The minimum atomic E-state index is -4.49. The fourth-order valence-electron chi connectivity index (χ4n) is 2.31. The van der Waals surface area contributed by atoms with Gasteiger partial charge in [0.25, 0.3) is 5.91 Å². The van der Waals surface area contributed by atoms with Crippen LogP contribution in [0.1, 0.15) is 28.0 Å². The van der Waals surface area contributed by atoms with Gasteiger partial charge in [-0.3, -0.25) is 4.79 Å². The quantitative estimate of drug-likeness (QED) is 0.688. The van der Waals surface area contributed by atoms with Crippen LogP contribution in [0.25, 0.3) is 5.82 Å². The third kappa shape index (κ3) is 5.29. The van der Waals surface area contributed by atoms with Crippen LogP contribution < -0.4 is 5.32 Å². The van der Waals surface area contributed by atoms with E-state index in [0.717, 1.165) is 12.3 Å². The average molecular weight is 419 g/mol. The Hall–Kier alpha value is -2.47. The lowest BCUT2D eigenvalue weighted by Gasteiger charge is -2.13. The number of nitrogens with one attached hydrogen (secondary N) is 1. The van der Waals surface area contributed by atoms with Crippen molar-refractivity contribution in [1.29, 1.82) is 0 Å². The van der Waals surface area contributed by atoms with Crippen molar-refractivity contribution in [2.45, 2.75) is 19.5 Å². The van der Waals surface area contributed by atoms with E-state index in [1.165, 1.54) is 28.3 Å². The summed E-state index contributed by atoms with van der Waals surface area (Å²) in [6.45, 7) is 2.10. The van der Waals surface area contributed by atoms with Gasteiger partial charge < -0.3 is 5.32 Å². The van der Waals surface area contributed by atoms with E-state index >= 15 is 0 Å². The third-order valence-corrected chi connectivity index (χ3v) is 5.36. The van der Waals surface area contributed by atoms with Crippen LogP contribution >= 0.6 is 0 Å². The maximum absolute atomic E-state index is 12.6. The molecule has 0 saturated heterocycles. The Balaban J connectivity index is 2.01. The number of hydrogen-bond donors (Lipinski definition) is 1. The van der Waals surface area contributed by atoms with Crippen molar-refractivity contribution in [2.24, 2.45) is 0 Å². The fourth-order valence-corrected chi connectivity index (χ4v) is 2.77. The van der Waals surface area contributed by atoms with E-state index in [1.807, 2.05) is 0 Å². The van der Waals surface area contributed by atoms with E-state index in [1.54, 1.807) is 6.92 Å². The highest BCUT2D eigenvalue weighted by Gasteiger charge is 2.30. The van der Waals surface area contributed by atoms with Crippen LogP contribution in [-0.4, -0.2) is 59.8 Å². The Morgan fingerprint density at radius 1 is 1.29 bits per heavy atom. The van der Waals surface area contributed by atoms with Gasteiger partial charge in [0.05, 0.1) is 29.3 Å². The van der Waals surface area contributed by atoms with Gasteiger partial charge in [0, 0.05) is 26.3 Å². The number of alkyl halides is 3. The molecule has 2 aromatic heterocycles. The molecule has 8 nitrogen and oxygen atoms in total. The van der Waals surface area contributed by atoms with Crippen LogP contribution in [0.3, 0.4) is 0 Å². The van der Waals surface area contributed by atoms with Gasteiger partial charge in [0.15, 0.2) is 5.82 Å². The summed E-state index contributed by atoms with van der Waals surface area (Å²) in [6.07, 6.45) is -0.969. The minimum Gasteiger partial charge on any atom is -0.352 e. The Bertz CT molecular complexity index is 939. The molecule has 0 fully saturated rings. The first-order chi connectivity index (χ1) is 12.9. The highest BCUT2D eigenvalue weighted by Crippen LogP contribution is 2.28. The van der Waals surface area contributed by atoms with Gasteiger partial charge in [-0.15, -0.1) is 0 Å². The van der Waals surface area contributed by atoms with Gasteiger partial charge in [-0.25, -0.2) is 22.4 Å². The standard InChI is InChI=1S/C16H20F3N5O3S/c1-11-13(15(25)20-7-4-8-23(2)28(3,26)27)10-22-24(11)14-6-5-12(9-21-14)16(17,18)19/h5-6,9-10H,4,7-8H2,1-3H3,(H,20,25). The molecule has 2 rings (SSSR count). The van der Waals surface area contributed by atoms with Crippen LogP contribution in [0.2, 0.25) is 0 Å². The number of carbonyl (C=O) groups is 1. The van der Waals surface area contributed by atoms with Crippen molar-refractivity contribution in [2.75, 3.05) is 26.4 Å². The molecular formula is C16H20F3N5O3S. The second-order valence-electron chi connectivity index (χ2n) is 6.15. The van der Waals surface area contributed by atoms with Gasteiger partial charge >= 0.3 is 6.18 Å². The Kier molecular flexibility index (Phi) is 6.44. The van der Waals surface area contributed by atoms with Crippen molar-refractivity contribution >= 4 is 15.9 Å². The average Bonchev–Trinajstić information content (AvgIpc) is 2.98. The highest BCUT2D eigenvalue weighted by molar-refractivity contribution is 7.88. The molecule has 0 spiro atoms. The molecular weight excluding hydrogens is 399 g/mol. The van der Waals surface area contributed by atoms with Crippen molar-refractivity contribution < 1.29 is 26.4 Å². The van der Waals surface area contributed by atoms with Gasteiger partial charge in [-0.05, 0) is 25.5 Å². The number of hydrogen-bond acceptors (Lipinski definition) is 5. The summed E-state index contributed by atoms with van der Waals surface area (Å²) < 4.78 is 62.9.